The standard InChI is InChI=1S/C23H28N4O3S2/c1-3-10-25(11-4-2)20-17(21(28)26-12-6-5-9-19(26)24-20)14-18-22(29)27(23(31)32-18)15-16-8-7-13-30-16/h5-6,9,12,14,16H,3-4,7-8,10-11,13,15H2,1-2H3. The van der Waals surface area contributed by atoms with E-state index in [9.17, 15) is 9.59 Å². The minimum absolute atomic E-state index is 0.0185. The fourth-order valence-electron chi connectivity index (χ4n) is 4.10. The zero-order valence-corrected chi connectivity index (χ0v) is 20.1. The Morgan fingerprint density at radius 2 is 2.06 bits per heavy atom. The molecule has 2 fully saturated rings. The molecular weight excluding hydrogens is 444 g/mol. The maximum Gasteiger partial charge on any atom is 0.267 e. The zero-order valence-electron chi connectivity index (χ0n) is 18.5. The van der Waals surface area contributed by atoms with Crippen LogP contribution >= 0.6 is 24.0 Å². The molecule has 2 aliphatic heterocycles. The number of thiocarbonyl (C=S) groups is 1. The van der Waals surface area contributed by atoms with Gasteiger partial charge in [-0.3, -0.25) is 18.9 Å². The molecule has 7 nitrogen and oxygen atoms in total. The lowest BCUT2D eigenvalue weighted by Crippen LogP contribution is -2.35. The van der Waals surface area contributed by atoms with Gasteiger partial charge >= 0.3 is 0 Å². The molecule has 9 heteroatoms. The van der Waals surface area contributed by atoms with Crippen LogP contribution in [0.5, 0.6) is 0 Å². The lowest BCUT2D eigenvalue weighted by Gasteiger charge is -2.24. The van der Waals surface area contributed by atoms with Crippen molar-refractivity contribution in [2.45, 2.75) is 45.6 Å². The lowest BCUT2D eigenvalue weighted by molar-refractivity contribution is -0.123. The van der Waals surface area contributed by atoms with Gasteiger partial charge in [0, 0.05) is 25.9 Å². The second-order valence-corrected chi connectivity index (χ2v) is 9.67. The van der Waals surface area contributed by atoms with Gasteiger partial charge in [-0.1, -0.05) is 43.9 Å². The molecule has 2 aromatic heterocycles. The Kier molecular flexibility index (Phi) is 7.27. The molecule has 2 aromatic rings. The normalized spacial score (nSPS) is 20.1. The maximum absolute atomic E-state index is 13.5. The number of fused-ring (bicyclic) bond motifs is 1. The number of rotatable bonds is 8. The monoisotopic (exact) mass is 472 g/mol. The number of nitrogens with zero attached hydrogens (tertiary/aromatic N) is 4. The van der Waals surface area contributed by atoms with Crippen molar-refractivity contribution in [3.63, 3.8) is 0 Å². The third-order valence-corrected chi connectivity index (χ3v) is 6.97. The summed E-state index contributed by atoms with van der Waals surface area (Å²) < 4.78 is 7.72. The van der Waals surface area contributed by atoms with Gasteiger partial charge < -0.3 is 9.64 Å². The first-order chi connectivity index (χ1) is 15.5. The number of carbonyl (C=O) groups is 1. The van der Waals surface area contributed by atoms with Crippen molar-refractivity contribution in [3.8, 4) is 0 Å². The van der Waals surface area contributed by atoms with E-state index >= 15 is 0 Å². The molecule has 0 bridgehead atoms. The molecular formula is C23H28N4O3S2. The molecule has 170 valence electrons. The molecule has 1 unspecified atom stereocenters. The zero-order chi connectivity index (χ0) is 22.7. The topological polar surface area (TPSA) is 67.2 Å². The molecule has 4 rings (SSSR count). The number of anilines is 1. The smallest absolute Gasteiger partial charge is 0.267 e. The Morgan fingerprint density at radius 3 is 2.75 bits per heavy atom. The average Bonchev–Trinajstić information content (AvgIpc) is 3.39. The van der Waals surface area contributed by atoms with Crippen LogP contribution in [-0.4, -0.2) is 56.9 Å². The van der Waals surface area contributed by atoms with Crippen molar-refractivity contribution in [3.05, 3.63) is 45.2 Å². The second-order valence-electron chi connectivity index (χ2n) is 8.00. The van der Waals surface area contributed by atoms with Gasteiger partial charge in [-0.25, -0.2) is 4.98 Å². The first-order valence-electron chi connectivity index (χ1n) is 11.2. The first-order valence-corrected chi connectivity index (χ1v) is 12.4. The molecule has 0 N–H and O–H groups in total. The summed E-state index contributed by atoms with van der Waals surface area (Å²) in [5.41, 5.74) is 0.827. The predicted molar refractivity (Wildman–Crippen MR) is 133 cm³/mol. The summed E-state index contributed by atoms with van der Waals surface area (Å²) in [7, 11) is 0. The van der Waals surface area contributed by atoms with E-state index in [1.165, 1.54) is 16.2 Å². The highest BCUT2D eigenvalue weighted by atomic mass is 32.2. The molecule has 0 aromatic carbocycles. The highest BCUT2D eigenvalue weighted by Crippen LogP contribution is 2.34. The van der Waals surface area contributed by atoms with Crippen LogP contribution in [0.2, 0.25) is 0 Å². The van der Waals surface area contributed by atoms with Gasteiger partial charge in [-0.2, -0.15) is 0 Å². The summed E-state index contributed by atoms with van der Waals surface area (Å²) >= 11 is 6.73. The quantitative estimate of drug-likeness (QED) is 0.429. The van der Waals surface area contributed by atoms with Crippen LogP contribution in [0.4, 0.5) is 5.82 Å². The van der Waals surface area contributed by atoms with Gasteiger partial charge in [0.2, 0.25) is 0 Å². The number of hydrogen-bond acceptors (Lipinski definition) is 7. The Hall–Kier alpha value is -2.23. The van der Waals surface area contributed by atoms with Crippen LogP contribution in [0.25, 0.3) is 11.7 Å². The summed E-state index contributed by atoms with van der Waals surface area (Å²) in [5.74, 6) is 0.450. The van der Waals surface area contributed by atoms with Crippen molar-refractivity contribution in [1.82, 2.24) is 14.3 Å². The van der Waals surface area contributed by atoms with Gasteiger partial charge in [-0.15, -0.1) is 0 Å². The van der Waals surface area contributed by atoms with Crippen molar-refractivity contribution < 1.29 is 9.53 Å². The van der Waals surface area contributed by atoms with E-state index < -0.39 is 0 Å². The number of thioether (sulfide) groups is 1. The summed E-state index contributed by atoms with van der Waals surface area (Å²) in [4.78, 5) is 35.6. The largest absolute Gasteiger partial charge is 0.376 e. The lowest BCUT2D eigenvalue weighted by atomic mass is 10.2. The van der Waals surface area contributed by atoms with E-state index in [2.05, 4.69) is 18.7 Å². The van der Waals surface area contributed by atoms with Gasteiger partial charge in [0.05, 0.1) is 23.1 Å². The van der Waals surface area contributed by atoms with Crippen LogP contribution in [0.3, 0.4) is 0 Å². The number of carbonyl (C=O) groups excluding carboxylic acids is 1. The highest BCUT2D eigenvalue weighted by molar-refractivity contribution is 8.26. The van der Waals surface area contributed by atoms with E-state index in [0.29, 0.717) is 32.8 Å². The molecule has 4 heterocycles. The molecule has 32 heavy (non-hydrogen) atoms. The number of ether oxygens (including phenoxy) is 1. The molecule has 0 aliphatic carbocycles. The summed E-state index contributed by atoms with van der Waals surface area (Å²) in [5, 5.41) is 0. The molecule has 2 saturated heterocycles. The van der Waals surface area contributed by atoms with Gasteiger partial charge in [0.15, 0.2) is 0 Å². The number of aromatic nitrogens is 2. The third kappa shape index (κ3) is 4.60. The van der Waals surface area contributed by atoms with Crippen LogP contribution in [0.15, 0.2) is 34.1 Å². The Morgan fingerprint density at radius 1 is 1.28 bits per heavy atom. The summed E-state index contributed by atoms with van der Waals surface area (Å²) in [6.07, 6.45) is 7.19. The van der Waals surface area contributed by atoms with E-state index in [-0.39, 0.29) is 17.6 Å². The molecule has 1 atom stereocenters. The Labute approximate surface area is 197 Å². The van der Waals surface area contributed by atoms with Crippen LogP contribution in [-0.2, 0) is 9.53 Å². The molecule has 1 amide bonds. The van der Waals surface area contributed by atoms with Crippen molar-refractivity contribution in [2.24, 2.45) is 0 Å². The number of pyridine rings is 1. The highest BCUT2D eigenvalue weighted by Gasteiger charge is 2.35. The SMILES string of the molecule is CCCN(CCC)c1nc2ccccn2c(=O)c1C=C1SC(=S)N(CC2CCCO2)C1=O. The van der Waals surface area contributed by atoms with Crippen molar-refractivity contribution in [2.75, 3.05) is 31.1 Å². The van der Waals surface area contributed by atoms with E-state index in [4.69, 9.17) is 21.9 Å². The minimum Gasteiger partial charge on any atom is -0.376 e. The number of amides is 1. The molecule has 0 saturated carbocycles. The molecule has 0 spiro atoms. The average molecular weight is 473 g/mol. The van der Waals surface area contributed by atoms with Gasteiger partial charge in [-0.05, 0) is 43.9 Å². The van der Waals surface area contributed by atoms with Crippen LogP contribution in [0.1, 0.15) is 45.1 Å². The fraction of sp³-hybridized carbons (Fsp3) is 0.478. The second kappa shape index (κ2) is 10.1. The third-order valence-electron chi connectivity index (χ3n) is 5.59. The summed E-state index contributed by atoms with van der Waals surface area (Å²) in [6, 6.07) is 5.49. The predicted octanol–water partition coefficient (Wildman–Crippen LogP) is 3.70. The van der Waals surface area contributed by atoms with Crippen LogP contribution < -0.4 is 10.5 Å². The Bertz CT molecular complexity index is 1100. The fourth-order valence-corrected chi connectivity index (χ4v) is 5.36. The molecule has 2 aliphatic rings. The number of hydrogen-bond donors (Lipinski definition) is 0. The minimum atomic E-state index is -0.188. The first kappa shape index (κ1) is 22.9. The maximum atomic E-state index is 13.5. The van der Waals surface area contributed by atoms with Gasteiger partial charge in [0.1, 0.15) is 15.8 Å². The van der Waals surface area contributed by atoms with E-state index in [0.717, 1.165) is 45.4 Å². The van der Waals surface area contributed by atoms with Crippen LogP contribution in [0, 0.1) is 0 Å². The van der Waals surface area contributed by atoms with Crippen molar-refractivity contribution >= 4 is 51.7 Å². The van der Waals surface area contributed by atoms with Gasteiger partial charge in [0.25, 0.3) is 11.5 Å². The van der Waals surface area contributed by atoms with E-state index in [1.807, 2.05) is 12.1 Å². The van der Waals surface area contributed by atoms with E-state index in [1.54, 1.807) is 23.2 Å². The molecule has 0 radical (unpaired) electrons. The summed E-state index contributed by atoms with van der Waals surface area (Å²) in [6.45, 7) is 6.96. The van der Waals surface area contributed by atoms with Crippen molar-refractivity contribution in [1.29, 1.82) is 0 Å². The Balaban J connectivity index is 1.77.